The van der Waals surface area contributed by atoms with Gasteiger partial charge in [0, 0.05) is 12.7 Å². The summed E-state index contributed by atoms with van der Waals surface area (Å²) >= 11 is 0. The predicted molar refractivity (Wildman–Crippen MR) is 92.3 cm³/mol. The van der Waals surface area contributed by atoms with E-state index in [1.807, 2.05) is 0 Å². The van der Waals surface area contributed by atoms with Crippen LogP contribution in [0.5, 0.6) is 5.95 Å². The molecule has 1 aromatic heterocycles. The molecule has 0 fully saturated rings. The van der Waals surface area contributed by atoms with Gasteiger partial charge in [0.25, 0.3) is 5.91 Å². The number of anilines is 1. The Hall–Kier alpha value is -3.29. The first kappa shape index (κ1) is 18.5. The van der Waals surface area contributed by atoms with Gasteiger partial charge in [0.1, 0.15) is 0 Å². The third kappa shape index (κ3) is 4.11. The summed E-state index contributed by atoms with van der Waals surface area (Å²) < 4.78 is 49.7. The number of aromatic nitrogens is 1. The highest BCUT2D eigenvalue weighted by Crippen LogP contribution is 2.41. The smallest absolute Gasteiger partial charge is 0.437 e. The number of benzene rings is 2. The largest absolute Gasteiger partial charge is 0.453 e. The number of amides is 1. The Kier molecular flexibility index (Phi) is 5.16. The molecule has 0 aliphatic rings. The summed E-state index contributed by atoms with van der Waals surface area (Å²) in [5, 5.41) is 3.09. The van der Waals surface area contributed by atoms with E-state index in [1.54, 1.807) is 55.6 Å². The normalized spacial score (nSPS) is 11.3. The highest BCUT2D eigenvalue weighted by molar-refractivity contribution is 5.93. The number of carbonyl (C=O) groups excluding carboxylic acids is 1. The van der Waals surface area contributed by atoms with Crippen LogP contribution in [0.4, 0.5) is 18.9 Å². The average molecular weight is 376 g/mol. The lowest BCUT2D eigenvalue weighted by Crippen LogP contribution is -2.31. The molecule has 0 aliphatic heterocycles. The van der Waals surface area contributed by atoms with Gasteiger partial charge in [0.2, 0.25) is 0 Å². The van der Waals surface area contributed by atoms with Gasteiger partial charge in [0.15, 0.2) is 12.3 Å². The monoisotopic (exact) mass is 376 g/mol. The molecule has 0 spiro atoms. The van der Waals surface area contributed by atoms with Crippen molar-refractivity contribution in [3.05, 3.63) is 66.4 Å². The lowest BCUT2D eigenvalue weighted by Gasteiger charge is -2.17. The molecule has 0 aliphatic carbocycles. The Balaban J connectivity index is 1.83. The molecule has 5 nitrogen and oxygen atoms in total. The van der Waals surface area contributed by atoms with Crippen LogP contribution < -0.4 is 9.64 Å². The second-order valence-electron chi connectivity index (χ2n) is 5.63. The summed E-state index contributed by atoms with van der Waals surface area (Å²) in [4.78, 5) is 13.6. The van der Waals surface area contributed by atoms with Crippen molar-refractivity contribution < 1.29 is 27.2 Å². The maximum Gasteiger partial charge on any atom is 0.437 e. The minimum atomic E-state index is -4.72. The van der Waals surface area contributed by atoms with E-state index in [1.165, 1.54) is 17.0 Å². The van der Waals surface area contributed by atoms with Crippen molar-refractivity contribution in [2.75, 3.05) is 18.6 Å². The van der Waals surface area contributed by atoms with Crippen LogP contribution in [0.15, 0.2) is 65.2 Å². The van der Waals surface area contributed by atoms with Gasteiger partial charge in [-0.2, -0.15) is 13.2 Å². The van der Waals surface area contributed by atoms with E-state index in [0.29, 0.717) is 5.69 Å². The molecule has 0 N–H and O–H groups in total. The van der Waals surface area contributed by atoms with E-state index in [9.17, 15) is 18.0 Å². The molecule has 2 aromatic carbocycles. The second-order valence-corrected chi connectivity index (χ2v) is 5.63. The predicted octanol–water partition coefficient (Wildman–Crippen LogP) is 4.40. The molecule has 0 saturated heterocycles. The lowest BCUT2D eigenvalue weighted by atomic mass is 10.1. The molecular weight excluding hydrogens is 361 g/mol. The van der Waals surface area contributed by atoms with Crippen molar-refractivity contribution in [1.29, 1.82) is 0 Å². The van der Waals surface area contributed by atoms with Gasteiger partial charge >= 0.3 is 12.1 Å². The van der Waals surface area contributed by atoms with E-state index >= 15 is 0 Å². The summed E-state index contributed by atoms with van der Waals surface area (Å²) in [5.41, 5.74) is -0.682. The van der Waals surface area contributed by atoms with E-state index in [-0.39, 0.29) is 11.1 Å². The molecule has 0 saturated carbocycles. The van der Waals surface area contributed by atoms with Crippen molar-refractivity contribution >= 4 is 11.6 Å². The van der Waals surface area contributed by atoms with Gasteiger partial charge in [-0.1, -0.05) is 53.7 Å². The summed E-state index contributed by atoms with van der Waals surface area (Å²) in [7, 11) is 1.54. The molecule has 27 heavy (non-hydrogen) atoms. The quantitative estimate of drug-likeness (QED) is 0.662. The van der Waals surface area contributed by atoms with Crippen molar-refractivity contribution in [2.45, 2.75) is 6.18 Å². The molecule has 0 radical (unpaired) electrons. The molecule has 3 aromatic rings. The molecule has 0 bridgehead atoms. The minimum absolute atomic E-state index is 0.227. The van der Waals surface area contributed by atoms with Gasteiger partial charge < -0.3 is 14.2 Å². The number of para-hydroxylation sites is 1. The highest BCUT2D eigenvalue weighted by atomic mass is 19.4. The van der Waals surface area contributed by atoms with Gasteiger partial charge in [-0.05, 0) is 17.7 Å². The SMILES string of the molecule is CN(C(=O)COc1onc(C(F)(F)F)c1-c1ccccc1)c1ccccc1. The van der Waals surface area contributed by atoms with Crippen molar-refractivity contribution in [3.63, 3.8) is 0 Å². The van der Waals surface area contributed by atoms with Crippen molar-refractivity contribution in [2.24, 2.45) is 0 Å². The molecule has 0 unspecified atom stereocenters. The highest BCUT2D eigenvalue weighted by Gasteiger charge is 2.40. The van der Waals surface area contributed by atoms with Gasteiger partial charge in [-0.15, -0.1) is 0 Å². The first-order chi connectivity index (χ1) is 12.9. The van der Waals surface area contributed by atoms with E-state index in [4.69, 9.17) is 9.26 Å². The Morgan fingerprint density at radius 3 is 2.26 bits per heavy atom. The van der Waals surface area contributed by atoms with Gasteiger partial charge in [0.05, 0.1) is 5.56 Å². The van der Waals surface area contributed by atoms with E-state index in [0.717, 1.165) is 0 Å². The Labute approximate surface area is 153 Å². The summed E-state index contributed by atoms with van der Waals surface area (Å²) in [5.74, 6) is -0.909. The lowest BCUT2D eigenvalue weighted by molar-refractivity contribution is -0.142. The second kappa shape index (κ2) is 7.53. The van der Waals surface area contributed by atoms with Crippen molar-refractivity contribution in [3.8, 4) is 17.1 Å². The first-order valence-electron chi connectivity index (χ1n) is 7.94. The Morgan fingerprint density at radius 1 is 1.07 bits per heavy atom. The van der Waals surface area contributed by atoms with Crippen LogP contribution in [0.1, 0.15) is 5.69 Å². The van der Waals surface area contributed by atoms with Crippen LogP contribution in [0.3, 0.4) is 0 Å². The van der Waals surface area contributed by atoms with Crippen molar-refractivity contribution in [1.82, 2.24) is 5.16 Å². The number of likely N-dealkylation sites (N-methyl/N-ethyl adjacent to an activating group) is 1. The fourth-order valence-corrected chi connectivity index (χ4v) is 2.45. The standard InChI is InChI=1S/C19H15F3N2O3/c1-24(14-10-6-3-7-11-14)15(25)12-26-18-16(13-8-4-2-5-9-13)17(23-27-18)19(20,21)22/h2-11H,12H2,1H3. The Morgan fingerprint density at radius 2 is 1.67 bits per heavy atom. The van der Waals surface area contributed by atoms with Gasteiger partial charge in [-0.3, -0.25) is 4.79 Å². The first-order valence-corrected chi connectivity index (χ1v) is 7.94. The zero-order valence-electron chi connectivity index (χ0n) is 14.2. The van der Waals surface area contributed by atoms with Crippen LogP contribution in [0.2, 0.25) is 0 Å². The number of nitrogens with zero attached hydrogens (tertiary/aromatic N) is 2. The molecule has 1 heterocycles. The summed E-state index contributed by atoms with van der Waals surface area (Å²) in [6, 6.07) is 16.6. The summed E-state index contributed by atoms with van der Waals surface area (Å²) in [6.07, 6.45) is -4.72. The van der Waals surface area contributed by atoms with Crippen LogP contribution in [0, 0.1) is 0 Å². The number of carbonyl (C=O) groups is 1. The number of alkyl halides is 3. The van der Waals surface area contributed by atoms with Crippen LogP contribution >= 0.6 is 0 Å². The molecule has 8 heteroatoms. The maximum absolute atomic E-state index is 13.2. The maximum atomic E-state index is 13.2. The van der Waals surface area contributed by atoms with E-state index < -0.39 is 30.3 Å². The number of ether oxygens (including phenoxy) is 1. The number of hydrogen-bond acceptors (Lipinski definition) is 4. The summed E-state index contributed by atoms with van der Waals surface area (Å²) in [6.45, 7) is -0.502. The fraction of sp³-hybridized carbons (Fsp3) is 0.158. The molecular formula is C19H15F3N2O3. The Bertz CT molecular complexity index is 909. The van der Waals surface area contributed by atoms with Crippen LogP contribution in [-0.4, -0.2) is 24.7 Å². The zero-order valence-corrected chi connectivity index (χ0v) is 14.2. The number of rotatable bonds is 5. The third-order valence-electron chi connectivity index (χ3n) is 3.84. The third-order valence-corrected chi connectivity index (χ3v) is 3.84. The number of hydrogen-bond donors (Lipinski definition) is 0. The zero-order chi connectivity index (χ0) is 19.4. The fourth-order valence-electron chi connectivity index (χ4n) is 2.45. The molecule has 3 rings (SSSR count). The van der Waals surface area contributed by atoms with Crippen LogP contribution in [0.25, 0.3) is 11.1 Å². The molecule has 0 atom stereocenters. The minimum Gasteiger partial charge on any atom is -0.453 e. The van der Waals surface area contributed by atoms with E-state index in [2.05, 4.69) is 5.16 Å². The number of halogens is 3. The topological polar surface area (TPSA) is 55.6 Å². The molecule has 140 valence electrons. The average Bonchev–Trinajstić information content (AvgIpc) is 3.11. The van der Waals surface area contributed by atoms with Gasteiger partial charge in [-0.25, -0.2) is 0 Å². The van der Waals surface area contributed by atoms with Crippen LogP contribution in [-0.2, 0) is 11.0 Å². The molecule has 1 amide bonds.